The molecule has 4 heteroatoms. The van der Waals surface area contributed by atoms with Gasteiger partial charge in [0.1, 0.15) is 0 Å². The van der Waals surface area contributed by atoms with Crippen LogP contribution >= 0.6 is 0 Å². The molecule has 1 atom stereocenters. The molecule has 1 unspecified atom stereocenters. The SMILES string of the molecule is O=C(Cc1c[nH]c2ccccc12)NCCC1CNc2ccccc21. The molecule has 0 bridgehead atoms. The molecule has 0 saturated carbocycles. The molecule has 24 heavy (non-hydrogen) atoms. The summed E-state index contributed by atoms with van der Waals surface area (Å²) < 4.78 is 0. The average Bonchev–Trinajstić information content (AvgIpc) is 3.20. The lowest BCUT2D eigenvalue weighted by atomic mass is 9.98. The van der Waals surface area contributed by atoms with Gasteiger partial charge in [0.2, 0.25) is 5.91 Å². The Kier molecular flexibility index (Phi) is 3.95. The van der Waals surface area contributed by atoms with Gasteiger partial charge in [-0.2, -0.15) is 0 Å². The van der Waals surface area contributed by atoms with Crippen molar-refractivity contribution < 1.29 is 4.79 Å². The Morgan fingerprint density at radius 1 is 1.12 bits per heavy atom. The minimum Gasteiger partial charge on any atom is -0.384 e. The molecule has 1 aromatic heterocycles. The lowest BCUT2D eigenvalue weighted by molar-refractivity contribution is -0.120. The van der Waals surface area contributed by atoms with E-state index >= 15 is 0 Å². The summed E-state index contributed by atoms with van der Waals surface area (Å²) >= 11 is 0. The van der Waals surface area contributed by atoms with Gasteiger partial charge in [0.15, 0.2) is 0 Å². The molecule has 1 aliphatic heterocycles. The maximum Gasteiger partial charge on any atom is 0.224 e. The number of fused-ring (bicyclic) bond motifs is 2. The molecule has 0 aliphatic carbocycles. The number of anilines is 1. The number of para-hydroxylation sites is 2. The summed E-state index contributed by atoms with van der Waals surface area (Å²) in [6, 6.07) is 16.5. The van der Waals surface area contributed by atoms with Gasteiger partial charge in [-0.1, -0.05) is 36.4 Å². The summed E-state index contributed by atoms with van der Waals surface area (Å²) in [4.78, 5) is 15.4. The highest BCUT2D eigenvalue weighted by atomic mass is 16.1. The third-order valence-electron chi connectivity index (χ3n) is 4.78. The zero-order valence-corrected chi connectivity index (χ0v) is 13.5. The molecule has 1 aliphatic rings. The zero-order chi connectivity index (χ0) is 16.4. The molecular weight excluding hydrogens is 298 g/mol. The lowest BCUT2D eigenvalue weighted by Gasteiger charge is -2.11. The maximum atomic E-state index is 12.2. The third kappa shape index (κ3) is 2.87. The summed E-state index contributed by atoms with van der Waals surface area (Å²) in [6.45, 7) is 1.67. The van der Waals surface area contributed by atoms with Crippen LogP contribution in [0.25, 0.3) is 10.9 Å². The highest BCUT2D eigenvalue weighted by Gasteiger charge is 2.21. The van der Waals surface area contributed by atoms with Crippen molar-refractivity contribution in [1.29, 1.82) is 0 Å². The number of amides is 1. The summed E-state index contributed by atoms with van der Waals surface area (Å²) in [6.07, 6.45) is 3.31. The van der Waals surface area contributed by atoms with Crippen molar-refractivity contribution in [1.82, 2.24) is 10.3 Å². The predicted octanol–water partition coefficient (Wildman–Crippen LogP) is 3.43. The minimum absolute atomic E-state index is 0.0824. The van der Waals surface area contributed by atoms with Gasteiger partial charge >= 0.3 is 0 Å². The Balaban J connectivity index is 1.31. The molecule has 1 amide bonds. The molecule has 0 spiro atoms. The number of hydrogen-bond donors (Lipinski definition) is 3. The Morgan fingerprint density at radius 2 is 1.96 bits per heavy atom. The first-order valence-electron chi connectivity index (χ1n) is 8.46. The normalized spacial score (nSPS) is 15.9. The molecule has 122 valence electrons. The van der Waals surface area contributed by atoms with Crippen molar-refractivity contribution in [3.8, 4) is 0 Å². The van der Waals surface area contributed by atoms with Crippen molar-refractivity contribution in [2.45, 2.75) is 18.8 Å². The second-order valence-electron chi connectivity index (χ2n) is 6.34. The van der Waals surface area contributed by atoms with Crippen LogP contribution in [0.4, 0.5) is 5.69 Å². The van der Waals surface area contributed by atoms with E-state index < -0.39 is 0 Å². The first kappa shape index (κ1) is 14.8. The standard InChI is InChI=1S/C20H21N3O/c24-20(11-15-13-23-19-8-4-2-6-17(15)19)21-10-9-14-12-22-18-7-3-1-5-16(14)18/h1-8,13-14,22-23H,9-12H2,(H,21,24). The van der Waals surface area contributed by atoms with E-state index in [-0.39, 0.29) is 5.91 Å². The molecule has 4 rings (SSSR count). The zero-order valence-electron chi connectivity index (χ0n) is 13.5. The van der Waals surface area contributed by atoms with Crippen molar-refractivity contribution in [3.63, 3.8) is 0 Å². The van der Waals surface area contributed by atoms with Gasteiger partial charge in [-0.25, -0.2) is 0 Å². The van der Waals surface area contributed by atoms with E-state index in [0.29, 0.717) is 18.9 Å². The number of benzene rings is 2. The second-order valence-corrected chi connectivity index (χ2v) is 6.34. The number of H-pyrrole nitrogens is 1. The topological polar surface area (TPSA) is 56.9 Å². The Bertz CT molecular complexity index is 868. The molecular formula is C20H21N3O. The Morgan fingerprint density at radius 3 is 2.92 bits per heavy atom. The molecule has 0 fully saturated rings. The number of carbonyl (C=O) groups excluding carboxylic acids is 1. The molecule has 3 aromatic rings. The average molecular weight is 319 g/mol. The van der Waals surface area contributed by atoms with Crippen LogP contribution in [0.3, 0.4) is 0 Å². The van der Waals surface area contributed by atoms with Crippen molar-refractivity contribution in [3.05, 3.63) is 65.9 Å². The van der Waals surface area contributed by atoms with Gasteiger partial charge in [-0.3, -0.25) is 4.79 Å². The van der Waals surface area contributed by atoms with E-state index in [0.717, 1.165) is 29.4 Å². The predicted molar refractivity (Wildman–Crippen MR) is 97.3 cm³/mol. The monoisotopic (exact) mass is 319 g/mol. The molecule has 0 radical (unpaired) electrons. The summed E-state index contributed by atoms with van der Waals surface area (Å²) in [7, 11) is 0. The fraction of sp³-hybridized carbons (Fsp3) is 0.250. The number of nitrogens with one attached hydrogen (secondary N) is 3. The van der Waals surface area contributed by atoms with E-state index in [1.165, 1.54) is 11.3 Å². The van der Waals surface area contributed by atoms with E-state index in [1.54, 1.807) is 0 Å². The minimum atomic E-state index is 0.0824. The fourth-order valence-corrected chi connectivity index (χ4v) is 3.51. The quantitative estimate of drug-likeness (QED) is 0.675. The van der Waals surface area contributed by atoms with Crippen molar-refractivity contribution >= 4 is 22.5 Å². The van der Waals surface area contributed by atoms with Gasteiger partial charge in [0, 0.05) is 41.8 Å². The maximum absolute atomic E-state index is 12.2. The lowest BCUT2D eigenvalue weighted by Crippen LogP contribution is -2.27. The second kappa shape index (κ2) is 6.40. The molecule has 2 aromatic carbocycles. The van der Waals surface area contributed by atoms with Crippen LogP contribution in [0.1, 0.15) is 23.5 Å². The van der Waals surface area contributed by atoms with Crippen LogP contribution in [0.15, 0.2) is 54.7 Å². The number of aromatic nitrogens is 1. The number of carbonyl (C=O) groups is 1. The fourth-order valence-electron chi connectivity index (χ4n) is 3.51. The van der Waals surface area contributed by atoms with E-state index in [4.69, 9.17) is 0 Å². The number of aromatic amines is 1. The van der Waals surface area contributed by atoms with Crippen LogP contribution in [-0.4, -0.2) is 24.0 Å². The van der Waals surface area contributed by atoms with Crippen molar-refractivity contribution in [2.24, 2.45) is 0 Å². The van der Waals surface area contributed by atoms with Gasteiger partial charge in [0.25, 0.3) is 0 Å². The first-order chi connectivity index (χ1) is 11.8. The largest absolute Gasteiger partial charge is 0.384 e. The number of hydrogen-bond acceptors (Lipinski definition) is 2. The van der Waals surface area contributed by atoms with Crippen LogP contribution in [-0.2, 0) is 11.2 Å². The first-order valence-corrected chi connectivity index (χ1v) is 8.46. The van der Waals surface area contributed by atoms with Gasteiger partial charge < -0.3 is 15.6 Å². The Hall–Kier alpha value is -2.75. The highest BCUT2D eigenvalue weighted by molar-refractivity contribution is 5.88. The summed E-state index contributed by atoms with van der Waals surface area (Å²) in [5, 5.41) is 7.62. The van der Waals surface area contributed by atoms with Crippen LogP contribution < -0.4 is 10.6 Å². The third-order valence-corrected chi connectivity index (χ3v) is 4.78. The van der Waals surface area contributed by atoms with E-state index in [9.17, 15) is 4.79 Å². The van der Waals surface area contributed by atoms with Crippen LogP contribution in [0, 0.1) is 0 Å². The molecule has 0 saturated heterocycles. The molecule has 4 nitrogen and oxygen atoms in total. The smallest absolute Gasteiger partial charge is 0.224 e. The Labute approximate surface area is 141 Å². The van der Waals surface area contributed by atoms with Gasteiger partial charge in [-0.05, 0) is 29.7 Å². The molecule has 3 N–H and O–H groups in total. The van der Waals surface area contributed by atoms with E-state index in [1.807, 2.05) is 24.4 Å². The van der Waals surface area contributed by atoms with Crippen molar-refractivity contribution in [2.75, 3.05) is 18.4 Å². The summed E-state index contributed by atoms with van der Waals surface area (Å²) in [5.41, 5.74) is 4.72. The van der Waals surface area contributed by atoms with E-state index in [2.05, 4.69) is 45.9 Å². The molecule has 2 heterocycles. The van der Waals surface area contributed by atoms with Gasteiger partial charge in [-0.15, -0.1) is 0 Å². The van der Waals surface area contributed by atoms with Crippen LogP contribution in [0.2, 0.25) is 0 Å². The van der Waals surface area contributed by atoms with Gasteiger partial charge in [0.05, 0.1) is 6.42 Å². The van der Waals surface area contributed by atoms with Crippen LogP contribution in [0.5, 0.6) is 0 Å². The number of rotatable bonds is 5. The highest BCUT2D eigenvalue weighted by Crippen LogP contribution is 2.32. The summed E-state index contributed by atoms with van der Waals surface area (Å²) in [5.74, 6) is 0.564.